The van der Waals surface area contributed by atoms with Crippen LogP contribution in [-0.2, 0) is 23.8 Å². The van der Waals surface area contributed by atoms with Gasteiger partial charge in [0.1, 0.15) is 6.61 Å². The molecule has 0 radical (unpaired) electrons. The van der Waals surface area contributed by atoms with Gasteiger partial charge < -0.3 is 14.2 Å². The van der Waals surface area contributed by atoms with Crippen LogP contribution < -0.4 is 0 Å². The van der Waals surface area contributed by atoms with Crippen molar-refractivity contribution in [2.45, 2.75) is 232 Å². The Bertz CT molecular complexity index is 977. The third-order valence-corrected chi connectivity index (χ3v) is 10.1. The largest absolute Gasteiger partial charge is 0.462 e. The van der Waals surface area contributed by atoms with E-state index in [9.17, 15) is 9.59 Å². The third-order valence-electron chi connectivity index (χ3n) is 10.1. The van der Waals surface area contributed by atoms with Crippen molar-refractivity contribution in [3.05, 3.63) is 60.8 Å². The molecule has 5 heteroatoms. The summed E-state index contributed by atoms with van der Waals surface area (Å²) in [5.41, 5.74) is 0. The molecule has 0 bridgehead atoms. The maximum absolute atomic E-state index is 12.6. The van der Waals surface area contributed by atoms with E-state index < -0.39 is 6.10 Å². The zero-order valence-corrected chi connectivity index (χ0v) is 37.1. The molecule has 0 fully saturated rings. The van der Waals surface area contributed by atoms with Gasteiger partial charge in [-0.15, -0.1) is 0 Å². The van der Waals surface area contributed by atoms with Gasteiger partial charge in [-0.05, 0) is 64.2 Å². The summed E-state index contributed by atoms with van der Waals surface area (Å²) in [6, 6.07) is 0. The van der Waals surface area contributed by atoms with Crippen molar-refractivity contribution >= 4 is 11.9 Å². The Balaban J connectivity index is 4.19. The van der Waals surface area contributed by atoms with Crippen LogP contribution in [0.3, 0.4) is 0 Å². The maximum atomic E-state index is 12.6. The molecule has 0 aromatic heterocycles. The van der Waals surface area contributed by atoms with E-state index in [2.05, 4.69) is 81.5 Å². The van der Waals surface area contributed by atoms with Crippen LogP contribution in [0.4, 0.5) is 0 Å². The van der Waals surface area contributed by atoms with Gasteiger partial charge in [-0.3, -0.25) is 9.59 Å². The van der Waals surface area contributed by atoms with Gasteiger partial charge in [-0.2, -0.15) is 0 Å². The topological polar surface area (TPSA) is 61.8 Å². The van der Waals surface area contributed by atoms with E-state index in [1.54, 1.807) is 0 Å². The molecule has 5 nitrogen and oxygen atoms in total. The summed E-state index contributed by atoms with van der Waals surface area (Å²) < 4.78 is 17.3. The SMILES string of the molecule is CC/C=C\C/C=C\C/C=C\C/C=C\C/C=C\CCCCCC(=O)OCC(COCCCCCCCCCCCCCCCC)OC(=O)CCCCCCCCC. The summed E-state index contributed by atoms with van der Waals surface area (Å²) in [4.78, 5) is 25.2. The molecule has 0 heterocycles. The normalized spacial score (nSPS) is 12.7. The third kappa shape index (κ3) is 44.3. The molecule has 0 N–H and O–H groups in total. The van der Waals surface area contributed by atoms with Crippen LogP contribution in [0.25, 0.3) is 0 Å². The summed E-state index contributed by atoms with van der Waals surface area (Å²) in [6.07, 6.45) is 58.0. The maximum Gasteiger partial charge on any atom is 0.306 e. The van der Waals surface area contributed by atoms with Crippen LogP contribution >= 0.6 is 0 Å². The van der Waals surface area contributed by atoms with E-state index >= 15 is 0 Å². The van der Waals surface area contributed by atoms with Crippen molar-refractivity contribution in [1.82, 2.24) is 0 Å². The summed E-state index contributed by atoms with van der Waals surface area (Å²) in [5.74, 6) is -0.435. The number of allylic oxidation sites excluding steroid dienone is 10. The number of ether oxygens (including phenoxy) is 3. The molecule has 0 spiro atoms. The molecule has 0 aromatic rings. The van der Waals surface area contributed by atoms with Crippen LogP contribution in [0.1, 0.15) is 226 Å². The Labute approximate surface area is 347 Å². The highest BCUT2D eigenvalue weighted by molar-refractivity contribution is 5.70. The lowest BCUT2D eigenvalue weighted by Crippen LogP contribution is -2.30. The first kappa shape index (κ1) is 53.6. The van der Waals surface area contributed by atoms with Gasteiger partial charge in [0.05, 0.1) is 6.61 Å². The Morgan fingerprint density at radius 1 is 0.411 bits per heavy atom. The van der Waals surface area contributed by atoms with Gasteiger partial charge in [0, 0.05) is 19.4 Å². The van der Waals surface area contributed by atoms with Crippen LogP contribution in [0.15, 0.2) is 60.8 Å². The summed E-state index contributed by atoms with van der Waals surface area (Å²) in [5, 5.41) is 0. The first-order chi connectivity index (χ1) is 27.6. The second-order valence-corrected chi connectivity index (χ2v) is 15.6. The second-order valence-electron chi connectivity index (χ2n) is 15.6. The Morgan fingerprint density at radius 2 is 0.804 bits per heavy atom. The van der Waals surface area contributed by atoms with Gasteiger partial charge in [0.15, 0.2) is 6.10 Å². The Morgan fingerprint density at radius 3 is 1.29 bits per heavy atom. The first-order valence-corrected chi connectivity index (χ1v) is 23.8. The highest BCUT2D eigenvalue weighted by atomic mass is 16.6. The van der Waals surface area contributed by atoms with Crippen molar-refractivity contribution in [1.29, 1.82) is 0 Å². The van der Waals surface area contributed by atoms with Crippen molar-refractivity contribution in [3.8, 4) is 0 Å². The van der Waals surface area contributed by atoms with Crippen LogP contribution in [0, 0.1) is 0 Å². The average molecular weight is 783 g/mol. The number of unbranched alkanes of at least 4 members (excludes halogenated alkanes) is 22. The zero-order chi connectivity index (χ0) is 40.7. The monoisotopic (exact) mass is 783 g/mol. The minimum Gasteiger partial charge on any atom is -0.462 e. The number of hydrogen-bond acceptors (Lipinski definition) is 5. The first-order valence-electron chi connectivity index (χ1n) is 23.8. The molecular formula is C51H90O5. The van der Waals surface area contributed by atoms with E-state index in [1.807, 2.05) is 0 Å². The van der Waals surface area contributed by atoms with Gasteiger partial charge >= 0.3 is 11.9 Å². The van der Waals surface area contributed by atoms with Crippen LogP contribution in [0.2, 0.25) is 0 Å². The standard InChI is InChI=1S/C51H90O5/c1-4-7-10-13-16-18-20-22-24-25-26-27-28-29-31-33-36-38-41-44-50(52)55-48-49(56-51(53)45-42-39-35-15-12-9-6-3)47-54-46-43-40-37-34-32-30-23-21-19-17-14-11-8-5-2/h7,10,16,18,22,24,26-27,29,31,49H,4-6,8-9,11-15,17,19-21,23,25,28,30,32-48H2,1-3H3/b10-7-,18-16-,24-22-,27-26-,31-29-. The van der Waals surface area contributed by atoms with Gasteiger partial charge in [0.2, 0.25) is 0 Å². The number of carbonyl (C=O) groups excluding carboxylic acids is 2. The molecule has 0 aliphatic carbocycles. The summed E-state index contributed by atoms with van der Waals surface area (Å²) >= 11 is 0. The predicted molar refractivity (Wildman–Crippen MR) is 242 cm³/mol. The lowest BCUT2D eigenvalue weighted by molar-refractivity contribution is -0.163. The number of carbonyl (C=O) groups is 2. The summed E-state index contributed by atoms with van der Waals surface area (Å²) in [7, 11) is 0. The molecule has 324 valence electrons. The van der Waals surface area contributed by atoms with Gasteiger partial charge in [-0.1, -0.05) is 210 Å². The smallest absolute Gasteiger partial charge is 0.306 e. The fourth-order valence-corrected chi connectivity index (χ4v) is 6.54. The van der Waals surface area contributed by atoms with Gasteiger partial charge in [-0.25, -0.2) is 0 Å². The van der Waals surface area contributed by atoms with Crippen molar-refractivity contribution in [3.63, 3.8) is 0 Å². The van der Waals surface area contributed by atoms with Gasteiger partial charge in [0.25, 0.3) is 0 Å². The number of rotatable bonds is 43. The molecule has 1 atom stereocenters. The van der Waals surface area contributed by atoms with E-state index in [0.717, 1.165) is 83.5 Å². The highest BCUT2D eigenvalue weighted by Gasteiger charge is 2.17. The fourth-order valence-electron chi connectivity index (χ4n) is 6.54. The van der Waals surface area contributed by atoms with E-state index in [4.69, 9.17) is 14.2 Å². The molecule has 0 aliphatic rings. The Kier molecular flexibility index (Phi) is 45.0. The van der Waals surface area contributed by atoms with Crippen molar-refractivity contribution in [2.24, 2.45) is 0 Å². The van der Waals surface area contributed by atoms with Crippen LogP contribution in [-0.4, -0.2) is 37.9 Å². The molecule has 0 amide bonds. The minimum atomic E-state index is -0.544. The van der Waals surface area contributed by atoms with Crippen molar-refractivity contribution in [2.75, 3.05) is 19.8 Å². The molecule has 56 heavy (non-hydrogen) atoms. The average Bonchev–Trinajstić information content (AvgIpc) is 3.20. The Hall–Kier alpha value is -2.40. The zero-order valence-electron chi connectivity index (χ0n) is 37.1. The molecule has 0 aromatic carbocycles. The number of hydrogen-bond donors (Lipinski definition) is 0. The lowest BCUT2D eigenvalue weighted by atomic mass is 10.0. The van der Waals surface area contributed by atoms with E-state index in [0.29, 0.717) is 19.4 Å². The molecule has 1 unspecified atom stereocenters. The fraction of sp³-hybridized carbons (Fsp3) is 0.765. The quantitative estimate of drug-likeness (QED) is 0.0350. The lowest BCUT2D eigenvalue weighted by Gasteiger charge is -2.18. The molecule has 0 saturated carbocycles. The van der Waals surface area contributed by atoms with E-state index in [-0.39, 0.29) is 25.2 Å². The van der Waals surface area contributed by atoms with E-state index in [1.165, 1.54) is 109 Å². The summed E-state index contributed by atoms with van der Waals surface area (Å²) in [6.45, 7) is 7.66. The molecular weight excluding hydrogens is 693 g/mol. The highest BCUT2D eigenvalue weighted by Crippen LogP contribution is 2.14. The molecule has 0 saturated heterocycles. The molecule has 0 rings (SSSR count). The minimum absolute atomic E-state index is 0.0698. The van der Waals surface area contributed by atoms with Crippen LogP contribution in [0.5, 0.6) is 0 Å². The predicted octanol–water partition coefficient (Wildman–Crippen LogP) is 15.8. The number of esters is 2. The molecule has 0 aliphatic heterocycles. The second kappa shape index (κ2) is 47.0. The van der Waals surface area contributed by atoms with Crippen molar-refractivity contribution < 1.29 is 23.8 Å².